The highest BCUT2D eigenvalue weighted by Crippen LogP contribution is 2.67. The molecule has 0 aromatic rings. The zero-order valence-electron chi connectivity index (χ0n) is 13.4. The first kappa shape index (κ1) is 13.4. The Morgan fingerprint density at radius 2 is 2.00 bits per heavy atom. The number of carbonyl (C=O) groups is 1. The van der Waals surface area contributed by atoms with Gasteiger partial charge in [0, 0.05) is 0 Å². The SMILES string of the molecule is CCC1(OC(=O)C2CC3CC2C2C4C=CC(C4)C32)C=CCC1. The van der Waals surface area contributed by atoms with Crippen LogP contribution in [-0.2, 0) is 9.53 Å². The molecule has 3 saturated carbocycles. The molecule has 8 atom stereocenters. The van der Waals surface area contributed by atoms with Crippen LogP contribution in [0.2, 0.25) is 0 Å². The Morgan fingerprint density at radius 1 is 1.18 bits per heavy atom. The van der Waals surface area contributed by atoms with E-state index in [0.717, 1.165) is 55.3 Å². The number of ether oxygens (including phenoxy) is 1. The van der Waals surface area contributed by atoms with Crippen molar-refractivity contribution in [2.45, 2.75) is 51.0 Å². The maximum Gasteiger partial charge on any atom is 0.310 e. The van der Waals surface area contributed by atoms with Crippen molar-refractivity contribution in [2.24, 2.45) is 41.4 Å². The Bertz CT molecular complexity index is 562. The van der Waals surface area contributed by atoms with E-state index in [-0.39, 0.29) is 17.5 Å². The van der Waals surface area contributed by atoms with Gasteiger partial charge in [0.2, 0.25) is 0 Å². The van der Waals surface area contributed by atoms with Gasteiger partial charge in [0.1, 0.15) is 5.60 Å². The molecule has 4 bridgehead atoms. The Hall–Kier alpha value is -1.05. The fourth-order valence-electron chi connectivity index (χ4n) is 6.72. The first-order valence-electron chi connectivity index (χ1n) is 9.30. The summed E-state index contributed by atoms with van der Waals surface area (Å²) in [5.74, 6) is 5.01. The molecule has 118 valence electrons. The van der Waals surface area contributed by atoms with Gasteiger partial charge in [-0.1, -0.05) is 25.2 Å². The zero-order chi connectivity index (χ0) is 14.9. The molecule has 3 fully saturated rings. The molecular formula is C20H26O2. The summed E-state index contributed by atoms with van der Waals surface area (Å²) in [5, 5.41) is 0. The molecule has 0 N–H and O–H groups in total. The highest BCUT2D eigenvalue weighted by molar-refractivity contribution is 5.74. The molecule has 2 nitrogen and oxygen atoms in total. The second-order valence-corrected chi connectivity index (χ2v) is 8.39. The lowest BCUT2D eigenvalue weighted by Crippen LogP contribution is -2.39. The molecule has 0 aromatic heterocycles. The van der Waals surface area contributed by atoms with Crippen LogP contribution in [0, 0.1) is 41.4 Å². The van der Waals surface area contributed by atoms with Crippen molar-refractivity contribution < 1.29 is 9.53 Å². The molecule has 0 heterocycles. The van der Waals surface area contributed by atoms with E-state index in [2.05, 4.69) is 31.2 Å². The number of hydrogen-bond donors (Lipinski definition) is 0. The third-order valence-corrected chi connectivity index (χ3v) is 7.63. The summed E-state index contributed by atoms with van der Waals surface area (Å²) in [6.45, 7) is 2.14. The smallest absolute Gasteiger partial charge is 0.310 e. The maximum atomic E-state index is 12.9. The van der Waals surface area contributed by atoms with Crippen LogP contribution in [0.1, 0.15) is 45.4 Å². The van der Waals surface area contributed by atoms with Gasteiger partial charge >= 0.3 is 5.97 Å². The Balaban J connectivity index is 1.34. The lowest BCUT2D eigenvalue weighted by Gasteiger charge is -2.37. The van der Waals surface area contributed by atoms with Crippen LogP contribution >= 0.6 is 0 Å². The summed E-state index contributed by atoms with van der Waals surface area (Å²) in [5.41, 5.74) is -0.285. The minimum Gasteiger partial charge on any atom is -0.455 e. The number of allylic oxidation sites excluding steroid dienone is 3. The van der Waals surface area contributed by atoms with Crippen LogP contribution < -0.4 is 0 Å². The van der Waals surface area contributed by atoms with Gasteiger partial charge in [-0.15, -0.1) is 0 Å². The second kappa shape index (κ2) is 4.49. The summed E-state index contributed by atoms with van der Waals surface area (Å²) in [6, 6.07) is 0. The van der Waals surface area contributed by atoms with Gasteiger partial charge in [-0.25, -0.2) is 0 Å². The first-order chi connectivity index (χ1) is 10.7. The van der Waals surface area contributed by atoms with Crippen molar-refractivity contribution in [1.82, 2.24) is 0 Å². The molecule has 22 heavy (non-hydrogen) atoms. The van der Waals surface area contributed by atoms with Gasteiger partial charge in [0.15, 0.2) is 0 Å². The largest absolute Gasteiger partial charge is 0.455 e. The van der Waals surface area contributed by atoms with Crippen molar-refractivity contribution >= 4 is 5.97 Å². The fraction of sp³-hybridized carbons (Fsp3) is 0.750. The van der Waals surface area contributed by atoms with Gasteiger partial charge in [0.25, 0.3) is 0 Å². The Kier molecular flexibility index (Phi) is 2.73. The topological polar surface area (TPSA) is 26.3 Å². The quantitative estimate of drug-likeness (QED) is 0.445. The van der Waals surface area contributed by atoms with E-state index in [0.29, 0.717) is 5.92 Å². The predicted molar refractivity (Wildman–Crippen MR) is 84.9 cm³/mol. The third kappa shape index (κ3) is 1.64. The molecule has 8 unspecified atom stereocenters. The van der Waals surface area contributed by atoms with Crippen molar-refractivity contribution in [1.29, 1.82) is 0 Å². The van der Waals surface area contributed by atoms with E-state index in [1.54, 1.807) is 0 Å². The van der Waals surface area contributed by atoms with Crippen LogP contribution in [0.15, 0.2) is 24.3 Å². The lowest BCUT2D eigenvalue weighted by molar-refractivity contribution is -0.164. The van der Waals surface area contributed by atoms with Crippen LogP contribution in [-0.4, -0.2) is 11.6 Å². The van der Waals surface area contributed by atoms with E-state index in [4.69, 9.17) is 4.74 Å². The molecule has 5 rings (SSSR count). The fourth-order valence-corrected chi connectivity index (χ4v) is 6.72. The number of rotatable bonds is 3. The van der Waals surface area contributed by atoms with Gasteiger partial charge in [-0.3, -0.25) is 4.79 Å². The monoisotopic (exact) mass is 298 g/mol. The van der Waals surface area contributed by atoms with E-state index in [1.165, 1.54) is 12.8 Å². The molecule has 0 aliphatic heterocycles. The Morgan fingerprint density at radius 3 is 2.73 bits per heavy atom. The standard InChI is InChI=1S/C20H26O2/c1-2-20(7-3-4-8-20)22-19(21)16-11-14-10-15(16)18-13-6-5-12(9-13)17(14)18/h3,5-7,12-18H,2,4,8-11H2,1H3. The Labute approximate surface area is 133 Å². The molecule has 0 radical (unpaired) electrons. The highest BCUT2D eigenvalue weighted by Gasteiger charge is 2.62. The number of carbonyl (C=O) groups excluding carboxylic acids is 1. The lowest BCUT2D eigenvalue weighted by atomic mass is 9.69. The molecule has 2 heteroatoms. The molecule has 5 aliphatic rings. The summed E-state index contributed by atoms with van der Waals surface area (Å²) in [4.78, 5) is 12.9. The number of fused-ring (bicyclic) bond motifs is 9. The number of esters is 1. The highest BCUT2D eigenvalue weighted by atomic mass is 16.6. The van der Waals surface area contributed by atoms with Crippen molar-refractivity contribution in [3.63, 3.8) is 0 Å². The van der Waals surface area contributed by atoms with Gasteiger partial charge < -0.3 is 4.74 Å². The minimum atomic E-state index is -0.285. The van der Waals surface area contributed by atoms with E-state index in [1.807, 2.05) is 0 Å². The summed E-state index contributed by atoms with van der Waals surface area (Å²) in [7, 11) is 0. The predicted octanol–water partition coefficient (Wildman–Crippen LogP) is 4.12. The van der Waals surface area contributed by atoms with Crippen LogP contribution in [0.3, 0.4) is 0 Å². The third-order valence-electron chi connectivity index (χ3n) is 7.63. The average molecular weight is 298 g/mol. The first-order valence-corrected chi connectivity index (χ1v) is 9.30. The normalized spacial score (nSPS) is 53.4. The van der Waals surface area contributed by atoms with Gasteiger partial charge in [-0.2, -0.15) is 0 Å². The van der Waals surface area contributed by atoms with E-state index >= 15 is 0 Å². The van der Waals surface area contributed by atoms with Crippen LogP contribution in [0.5, 0.6) is 0 Å². The summed E-state index contributed by atoms with van der Waals surface area (Å²) < 4.78 is 6.07. The molecule has 0 aromatic carbocycles. The molecule has 5 aliphatic carbocycles. The average Bonchev–Trinajstić information content (AvgIpc) is 3.30. The number of hydrogen-bond acceptors (Lipinski definition) is 2. The van der Waals surface area contributed by atoms with Crippen LogP contribution in [0.4, 0.5) is 0 Å². The molecule has 0 amide bonds. The van der Waals surface area contributed by atoms with Crippen molar-refractivity contribution in [3.05, 3.63) is 24.3 Å². The van der Waals surface area contributed by atoms with Gasteiger partial charge in [-0.05, 0) is 80.1 Å². The van der Waals surface area contributed by atoms with E-state index in [9.17, 15) is 4.79 Å². The zero-order valence-corrected chi connectivity index (χ0v) is 13.4. The van der Waals surface area contributed by atoms with Gasteiger partial charge in [0.05, 0.1) is 5.92 Å². The minimum absolute atomic E-state index is 0.117. The van der Waals surface area contributed by atoms with Crippen molar-refractivity contribution in [2.75, 3.05) is 0 Å². The molecular weight excluding hydrogens is 272 g/mol. The summed E-state index contributed by atoms with van der Waals surface area (Å²) >= 11 is 0. The van der Waals surface area contributed by atoms with E-state index < -0.39 is 0 Å². The summed E-state index contributed by atoms with van der Waals surface area (Å²) in [6.07, 6.45) is 15.9. The molecule has 0 spiro atoms. The van der Waals surface area contributed by atoms with Crippen molar-refractivity contribution in [3.8, 4) is 0 Å². The molecule has 0 saturated heterocycles. The maximum absolute atomic E-state index is 12.9. The van der Waals surface area contributed by atoms with Crippen LogP contribution in [0.25, 0.3) is 0 Å². The second-order valence-electron chi connectivity index (χ2n) is 8.39.